The Hall–Kier alpha value is -1.73. The lowest BCUT2D eigenvalue weighted by molar-refractivity contribution is -0.148. The predicted molar refractivity (Wildman–Crippen MR) is 55.5 cm³/mol. The van der Waals surface area contributed by atoms with Crippen LogP contribution in [0.2, 0.25) is 0 Å². The lowest BCUT2D eigenvalue weighted by Crippen LogP contribution is -2.61. The van der Waals surface area contributed by atoms with Crippen molar-refractivity contribution in [2.45, 2.75) is 24.9 Å². The summed E-state index contributed by atoms with van der Waals surface area (Å²) in [6.07, 6.45) is 2.63. The van der Waals surface area contributed by atoms with Gasteiger partial charge in [-0.1, -0.05) is 0 Å². The van der Waals surface area contributed by atoms with Crippen molar-refractivity contribution in [2.24, 2.45) is 11.5 Å². The van der Waals surface area contributed by atoms with Gasteiger partial charge >= 0.3 is 5.97 Å². The second kappa shape index (κ2) is 4.42. The van der Waals surface area contributed by atoms with Crippen LogP contribution in [0.3, 0.4) is 0 Å². The Kier molecular flexibility index (Phi) is 3.41. The van der Waals surface area contributed by atoms with E-state index in [0.29, 0.717) is 5.69 Å². The zero-order valence-electron chi connectivity index (χ0n) is 8.80. The number of carboxylic acids is 1. The molecule has 0 saturated heterocycles. The van der Waals surface area contributed by atoms with Crippen LogP contribution in [0, 0.1) is 0 Å². The van der Waals surface area contributed by atoms with Gasteiger partial charge in [0.2, 0.25) is 0 Å². The second-order valence-electron chi connectivity index (χ2n) is 3.68. The van der Waals surface area contributed by atoms with Crippen LogP contribution in [0.4, 0.5) is 0 Å². The van der Waals surface area contributed by atoms with Crippen LogP contribution in [0.5, 0.6) is 0 Å². The number of carboxylic acid groups (broad SMARTS) is 1. The van der Waals surface area contributed by atoms with Gasteiger partial charge in [0.05, 0.1) is 12.4 Å². The molecule has 16 heavy (non-hydrogen) atoms. The topological polar surface area (TPSA) is 135 Å². The molecule has 1 rings (SSSR count). The third-order valence-corrected chi connectivity index (χ3v) is 2.26. The van der Waals surface area contributed by atoms with E-state index in [4.69, 9.17) is 16.6 Å². The summed E-state index contributed by atoms with van der Waals surface area (Å²) >= 11 is 0. The number of nitrogens with one attached hydrogen (secondary N) is 1. The predicted octanol–water partition coefficient (Wildman–Crippen LogP) is -1.35. The molecule has 0 fully saturated rings. The molecule has 6 N–H and O–H groups in total. The zero-order valence-corrected chi connectivity index (χ0v) is 8.80. The summed E-state index contributed by atoms with van der Waals surface area (Å²) in [4.78, 5) is 29.1. The number of hydrogen-bond acceptors (Lipinski definition) is 5. The lowest BCUT2D eigenvalue weighted by atomic mass is 9.87. The largest absolute Gasteiger partial charge is 0.480 e. The van der Waals surface area contributed by atoms with E-state index in [1.807, 2.05) is 0 Å². The Bertz CT molecular complexity index is 387. The first-order chi connectivity index (χ1) is 7.38. The number of imidazole rings is 1. The first-order valence-corrected chi connectivity index (χ1v) is 4.67. The zero-order chi connectivity index (χ0) is 12.3. The van der Waals surface area contributed by atoms with Gasteiger partial charge < -0.3 is 21.6 Å². The van der Waals surface area contributed by atoms with Crippen molar-refractivity contribution in [3.8, 4) is 0 Å². The number of rotatable bonds is 5. The molecule has 0 aromatic carbocycles. The fourth-order valence-electron chi connectivity index (χ4n) is 1.36. The first-order valence-electron chi connectivity index (χ1n) is 4.67. The Morgan fingerprint density at radius 2 is 2.31 bits per heavy atom. The van der Waals surface area contributed by atoms with E-state index < -0.39 is 23.3 Å². The Labute approximate surface area is 91.8 Å². The third kappa shape index (κ3) is 2.26. The number of aliphatic carboxylic acids is 1. The van der Waals surface area contributed by atoms with Crippen LogP contribution >= 0.6 is 0 Å². The van der Waals surface area contributed by atoms with Crippen LogP contribution in [0.15, 0.2) is 12.5 Å². The number of carbonyl (C=O) groups excluding carboxylic acids is 1. The highest BCUT2D eigenvalue weighted by molar-refractivity contribution is 6.09. The van der Waals surface area contributed by atoms with Gasteiger partial charge in [-0.05, 0) is 6.92 Å². The van der Waals surface area contributed by atoms with Crippen molar-refractivity contribution < 1.29 is 14.7 Å². The van der Waals surface area contributed by atoms with E-state index in [0.717, 1.165) is 0 Å². The number of Topliss-reactive ketones (excluding diaryl/α,β-unsaturated/α-hetero) is 1. The minimum absolute atomic E-state index is 0.164. The molecule has 1 heterocycles. The Morgan fingerprint density at radius 3 is 2.69 bits per heavy atom. The van der Waals surface area contributed by atoms with Crippen LogP contribution < -0.4 is 11.5 Å². The van der Waals surface area contributed by atoms with Crippen molar-refractivity contribution >= 4 is 11.8 Å². The number of nitrogens with zero attached hydrogens (tertiary/aromatic N) is 1. The van der Waals surface area contributed by atoms with Crippen molar-refractivity contribution in [3.05, 3.63) is 18.2 Å². The normalized spacial score (nSPS) is 16.4. The molecular formula is C9H14N4O3. The molecule has 0 amide bonds. The van der Waals surface area contributed by atoms with Gasteiger partial charge in [0, 0.05) is 18.3 Å². The van der Waals surface area contributed by atoms with Crippen molar-refractivity contribution in [1.29, 1.82) is 0 Å². The monoisotopic (exact) mass is 226 g/mol. The molecule has 0 radical (unpaired) electrons. The van der Waals surface area contributed by atoms with E-state index >= 15 is 0 Å². The van der Waals surface area contributed by atoms with Crippen molar-refractivity contribution in [3.63, 3.8) is 0 Å². The number of nitrogens with two attached hydrogens (primary N) is 2. The van der Waals surface area contributed by atoms with Gasteiger partial charge in [-0.25, -0.2) is 9.78 Å². The molecule has 0 aliphatic rings. The number of aromatic amines is 1. The maximum Gasteiger partial charge on any atom is 0.331 e. The minimum atomic E-state index is -2.01. The van der Waals surface area contributed by atoms with Crippen LogP contribution in [-0.2, 0) is 16.0 Å². The number of carbonyl (C=O) groups is 2. The molecule has 0 saturated carbocycles. The smallest absolute Gasteiger partial charge is 0.331 e. The third-order valence-electron chi connectivity index (χ3n) is 2.26. The van der Waals surface area contributed by atoms with Gasteiger partial charge in [-0.2, -0.15) is 0 Å². The molecule has 0 aliphatic heterocycles. The molecule has 0 bridgehead atoms. The number of hydrogen-bond donors (Lipinski definition) is 4. The molecule has 1 aromatic heterocycles. The fraction of sp³-hybridized carbons (Fsp3) is 0.444. The highest BCUT2D eigenvalue weighted by atomic mass is 16.4. The molecular weight excluding hydrogens is 212 g/mol. The number of H-pyrrole nitrogens is 1. The number of ketones is 1. The summed E-state index contributed by atoms with van der Waals surface area (Å²) in [6.45, 7) is 1.40. The summed E-state index contributed by atoms with van der Waals surface area (Å²) < 4.78 is 0. The average molecular weight is 226 g/mol. The Morgan fingerprint density at radius 1 is 1.69 bits per heavy atom. The fourth-order valence-corrected chi connectivity index (χ4v) is 1.36. The van der Waals surface area contributed by atoms with Gasteiger partial charge in [0.25, 0.3) is 0 Å². The minimum Gasteiger partial charge on any atom is -0.480 e. The maximum atomic E-state index is 11.7. The average Bonchev–Trinajstić information content (AvgIpc) is 2.68. The molecule has 88 valence electrons. The summed E-state index contributed by atoms with van der Waals surface area (Å²) in [7, 11) is 0. The summed E-state index contributed by atoms with van der Waals surface area (Å²) in [6, 6.07) is -0.927. The van der Waals surface area contributed by atoms with E-state index in [-0.39, 0.29) is 6.42 Å². The van der Waals surface area contributed by atoms with E-state index in [1.54, 1.807) is 0 Å². The number of aromatic nitrogens is 2. The summed E-state index contributed by atoms with van der Waals surface area (Å²) in [5, 5.41) is 9.01. The van der Waals surface area contributed by atoms with Crippen LogP contribution in [-0.4, -0.2) is 38.4 Å². The Balaban J connectivity index is 2.98. The lowest BCUT2D eigenvalue weighted by Gasteiger charge is -2.24. The molecule has 0 spiro atoms. The van der Waals surface area contributed by atoms with Gasteiger partial charge in [0.15, 0.2) is 11.3 Å². The molecule has 0 aliphatic carbocycles. The van der Waals surface area contributed by atoms with E-state index in [2.05, 4.69) is 9.97 Å². The standard InChI is InChI=1S/C9H14N4O3/c1-5(10)7(14)9(11,8(15)16)2-6-3-12-4-13-6/h3-5H,2,10-11H2,1H3,(H,12,13)(H,15,16)/t5-,9?/m0/s1. The van der Waals surface area contributed by atoms with Crippen LogP contribution in [0.25, 0.3) is 0 Å². The van der Waals surface area contributed by atoms with Gasteiger partial charge in [0.1, 0.15) is 0 Å². The van der Waals surface area contributed by atoms with Gasteiger partial charge in [-0.3, -0.25) is 4.79 Å². The van der Waals surface area contributed by atoms with Gasteiger partial charge in [-0.15, -0.1) is 0 Å². The van der Waals surface area contributed by atoms with Crippen molar-refractivity contribution in [2.75, 3.05) is 0 Å². The molecule has 2 atom stereocenters. The van der Waals surface area contributed by atoms with E-state index in [9.17, 15) is 9.59 Å². The SMILES string of the molecule is C[C@H](N)C(=O)C(N)(Cc1cnc[nH]1)C(=O)O. The van der Waals surface area contributed by atoms with Crippen LogP contribution in [0.1, 0.15) is 12.6 Å². The quantitative estimate of drug-likeness (QED) is 0.458. The molecule has 7 heteroatoms. The molecule has 7 nitrogen and oxygen atoms in total. The highest BCUT2D eigenvalue weighted by Gasteiger charge is 2.43. The summed E-state index contributed by atoms with van der Waals surface area (Å²) in [5.74, 6) is -2.11. The molecule has 1 aromatic rings. The highest BCUT2D eigenvalue weighted by Crippen LogP contribution is 2.12. The summed E-state index contributed by atoms with van der Waals surface area (Å²) in [5.41, 5.74) is 9.43. The maximum absolute atomic E-state index is 11.7. The molecule has 1 unspecified atom stereocenters. The van der Waals surface area contributed by atoms with E-state index in [1.165, 1.54) is 19.4 Å². The second-order valence-corrected chi connectivity index (χ2v) is 3.68. The first kappa shape index (κ1) is 12.3. The van der Waals surface area contributed by atoms with Crippen molar-refractivity contribution in [1.82, 2.24) is 9.97 Å².